The van der Waals surface area contributed by atoms with Crippen LogP contribution in [0.3, 0.4) is 0 Å². The van der Waals surface area contributed by atoms with Crippen LogP contribution in [0.2, 0.25) is 0 Å². The van der Waals surface area contributed by atoms with Gasteiger partial charge in [0.15, 0.2) is 0 Å². The SMILES string of the molecule is COC(=O)N[C@H](C(=O)N1CC2(CC2)CC1c1ncc(-c2ccc3c(c2)C(F)(F)c2cc(-c4ccc5c(c4)CC([C@@H]4[C@H]6CC[C@H](C6)N4C(=O)[C@@H](NC(=O)OC)C(C)C)=N5)ccc2-3)[nH]1)C(C)C. The van der Waals surface area contributed by atoms with Gasteiger partial charge in [-0.3, -0.25) is 14.6 Å². The zero-order chi connectivity index (χ0) is 45.7. The summed E-state index contributed by atoms with van der Waals surface area (Å²) in [5.41, 5.74) is 6.14. The largest absolute Gasteiger partial charge is 0.453 e. The molecule has 3 aliphatic carbocycles. The Morgan fingerprint density at radius 3 is 2.08 bits per heavy atom. The Morgan fingerprint density at radius 1 is 0.815 bits per heavy atom. The number of alkyl halides is 2. The number of aliphatic imine (C=N–C) groups is 1. The van der Waals surface area contributed by atoms with Crippen LogP contribution in [0.5, 0.6) is 0 Å². The molecule has 15 heteroatoms. The van der Waals surface area contributed by atoms with E-state index in [0.29, 0.717) is 46.7 Å². The molecule has 10 rings (SSSR count). The molecular formula is C50H55F2N7O6. The first-order valence-corrected chi connectivity index (χ1v) is 22.8. The van der Waals surface area contributed by atoms with Gasteiger partial charge in [0.1, 0.15) is 17.9 Å². The molecule has 65 heavy (non-hydrogen) atoms. The summed E-state index contributed by atoms with van der Waals surface area (Å²) in [5, 5.41) is 5.46. The molecule has 1 unspecified atom stereocenters. The first-order valence-electron chi connectivity index (χ1n) is 22.8. The third kappa shape index (κ3) is 7.25. The molecule has 0 radical (unpaired) electrons. The molecule has 6 atom stereocenters. The second-order valence-corrected chi connectivity index (χ2v) is 19.7. The number of benzene rings is 3. The van der Waals surface area contributed by atoms with E-state index in [0.717, 1.165) is 61.1 Å². The molecule has 4 aromatic rings. The van der Waals surface area contributed by atoms with Crippen molar-refractivity contribution in [2.75, 3.05) is 20.8 Å². The lowest BCUT2D eigenvalue weighted by Gasteiger charge is -2.38. The van der Waals surface area contributed by atoms with Crippen molar-refractivity contribution < 1.29 is 37.4 Å². The summed E-state index contributed by atoms with van der Waals surface area (Å²) in [6.07, 6.45) is 6.44. The third-order valence-corrected chi connectivity index (χ3v) is 15.0. The Bertz CT molecular complexity index is 2650. The van der Waals surface area contributed by atoms with Crippen LogP contribution >= 0.6 is 0 Å². The molecule has 1 spiro atoms. The number of halogens is 2. The van der Waals surface area contributed by atoms with Crippen molar-refractivity contribution in [3.8, 4) is 33.5 Å². The highest BCUT2D eigenvalue weighted by Crippen LogP contribution is 2.59. The van der Waals surface area contributed by atoms with Gasteiger partial charge in [-0.05, 0) is 114 Å². The van der Waals surface area contributed by atoms with E-state index in [9.17, 15) is 19.2 Å². The van der Waals surface area contributed by atoms with Gasteiger partial charge in [0, 0.05) is 41.4 Å². The van der Waals surface area contributed by atoms with Gasteiger partial charge in [0.05, 0.1) is 43.9 Å². The number of fused-ring (bicyclic) bond motifs is 6. The Balaban J connectivity index is 0.870. The molecule has 340 valence electrons. The van der Waals surface area contributed by atoms with Crippen LogP contribution in [0.15, 0.2) is 65.8 Å². The molecule has 4 amide bonds. The number of rotatable bonds is 10. The Hall–Kier alpha value is -6.12. The maximum Gasteiger partial charge on any atom is 0.407 e. The second kappa shape index (κ2) is 15.8. The number of nitrogens with zero attached hydrogens (tertiary/aromatic N) is 4. The fourth-order valence-electron chi connectivity index (χ4n) is 11.3. The summed E-state index contributed by atoms with van der Waals surface area (Å²) in [4.78, 5) is 69.3. The van der Waals surface area contributed by atoms with E-state index >= 15 is 8.78 Å². The van der Waals surface area contributed by atoms with Crippen molar-refractivity contribution in [3.63, 3.8) is 0 Å². The monoisotopic (exact) mass is 887 g/mol. The van der Waals surface area contributed by atoms with Crippen molar-refractivity contribution in [1.29, 1.82) is 0 Å². The van der Waals surface area contributed by atoms with Crippen molar-refractivity contribution >= 4 is 35.4 Å². The number of piperidine rings is 1. The van der Waals surface area contributed by atoms with Gasteiger partial charge in [0.2, 0.25) is 11.8 Å². The zero-order valence-corrected chi connectivity index (χ0v) is 37.5. The van der Waals surface area contributed by atoms with E-state index in [2.05, 4.69) is 15.6 Å². The minimum atomic E-state index is -3.27. The number of methoxy groups -OCH3 is 2. The standard InChI is InChI=1S/C50H55F2N7O6/c1-25(2)41(56-47(62)64-5)45(60)58-24-49(15-16-49)22-40(58)44-53-23-39(55-44)29-9-13-34-33-12-8-28(19-35(33)50(51,52)36(34)20-29)27-10-14-37-31(17-27)21-38(54-37)43-30-7-11-32(18-30)59(43)46(61)42(26(3)4)57-48(63)65-6/h8-10,12-14,17,19-20,23,25-26,30,32,40-43H,7,11,15-16,18,21-22,24H2,1-6H3,(H,53,55)(H,56,62)(H,57,63)/t30-,32+,40?,41-,42-,43-/m0/s1. The fraction of sp³-hybridized carbons (Fsp3) is 0.480. The van der Waals surface area contributed by atoms with Gasteiger partial charge >= 0.3 is 12.2 Å². The molecule has 2 saturated heterocycles. The highest BCUT2D eigenvalue weighted by atomic mass is 19.3. The van der Waals surface area contributed by atoms with Crippen molar-refractivity contribution in [2.45, 2.75) is 109 Å². The average Bonchev–Trinajstić information content (AvgIpc) is 3.95. The number of nitrogens with one attached hydrogen (secondary N) is 3. The summed E-state index contributed by atoms with van der Waals surface area (Å²) in [6, 6.07) is 14.3. The number of H-pyrrole nitrogens is 1. The highest BCUT2D eigenvalue weighted by molar-refractivity contribution is 6.02. The maximum atomic E-state index is 16.7. The lowest BCUT2D eigenvalue weighted by atomic mass is 9.90. The van der Waals surface area contributed by atoms with Gasteiger partial charge < -0.3 is 34.9 Å². The van der Waals surface area contributed by atoms with E-state index in [1.807, 2.05) is 62.9 Å². The van der Waals surface area contributed by atoms with Gasteiger partial charge in [-0.25, -0.2) is 14.6 Å². The smallest absolute Gasteiger partial charge is 0.407 e. The van der Waals surface area contributed by atoms with E-state index in [1.54, 1.807) is 29.3 Å². The lowest BCUT2D eigenvalue weighted by Crippen LogP contribution is -2.57. The van der Waals surface area contributed by atoms with Crippen LogP contribution in [0.1, 0.15) is 94.8 Å². The fourth-order valence-corrected chi connectivity index (χ4v) is 11.3. The third-order valence-electron chi connectivity index (χ3n) is 15.0. The number of carbonyl (C=O) groups excluding carboxylic acids is 4. The Morgan fingerprint density at radius 2 is 1.43 bits per heavy atom. The Labute approximate surface area is 376 Å². The molecule has 1 aromatic heterocycles. The van der Waals surface area contributed by atoms with Crippen molar-refractivity contribution in [1.82, 2.24) is 30.4 Å². The number of hydrogen-bond donors (Lipinski definition) is 3. The predicted octanol–water partition coefficient (Wildman–Crippen LogP) is 8.69. The summed E-state index contributed by atoms with van der Waals surface area (Å²) in [7, 11) is 2.56. The van der Waals surface area contributed by atoms with Crippen molar-refractivity contribution in [3.05, 3.63) is 83.3 Å². The quantitative estimate of drug-likeness (QED) is 0.144. The minimum absolute atomic E-state index is 0.0136. The predicted molar refractivity (Wildman–Crippen MR) is 240 cm³/mol. The van der Waals surface area contributed by atoms with Crippen LogP contribution < -0.4 is 10.6 Å². The van der Waals surface area contributed by atoms with Crippen LogP contribution in [-0.4, -0.2) is 94.4 Å². The number of imidazole rings is 1. The number of carbonyl (C=O) groups is 4. The van der Waals surface area contributed by atoms with Crippen LogP contribution in [-0.2, 0) is 31.4 Å². The lowest BCUT2D eigenvalue weighted by molar-refractivity contribution is -0.137. The first kappa shape index (κ1) is 42.8. The molecule has 3 N–H and O–H groups in total. The molecule has 2 bridgehead atoms. The Kier molecular flexibility index (Phi) is 10.4. The van der Waals surface area contributed by atoms with Gasteiger partial charge in [-0.15, -0.1) is 0 Å². The van der Waals surface area contributed by atoms with Crippen molar-refractivity contribution in [2.24, 2.45) is 28.2 Å². The molecular weight excluding hydrogens is 833 g/mol. The molecule has 2 saturated carbocycles. The molecule has 3 aromatic carbocycles. The summed E-state index contributed by atoms with van der Waals surface area (Å²) >= 11 is 0. The molecule has 4 fully saturated rings. The van der Waals surface area contributed by atoms with E-state index in [1.165, 1.54) is 20.3 Å². The van der Waals surface area contributed by atoms with E-state index in [4.69, 9.17) is 19.5 Å². The number of aromatic amines is 1. The number of aromatic nitrogens is 2. The molecule has 4 heterocycles. The van der Waals surface area contributed by atoms with E-state index < -0.39 is 30.2 Å². The molecule has 13 nitrogen and oxygen atoms in total. The normalized spacial score (nSPS) is 23.6. The van der Waals surface area contributed by atoms with Crippen LogP contribution in [0.4, 0.5) is 24.1 Å². The number of hydrogen-bond acceptors (Lipinski definition) is 8. The zero-order valence-electron chi connectivity index (χ0n) is 37.5. The average molecular weight is 888 g/mol. The van der Waals surface area contributed by atoms with Gasteiger partial charge in [-0.2, -0.15) is 8.78 Å². The first-order chi connectivity index (χ1) is 31.1. The topological polar surface area (TPSA) is 158 Å². The van der Waals surface area contributed by atoms with Crippen LogP contribution in [0, 0.1) is 23.2 Å². The van der Waals surface area contributed by atoms with Gasteiger partial charge in [0.25, 0.3) is 5.92 Å². The maximum absolute atomic E-state index is 16.7. The number of alkyl carbamates (subject to hydrolysis) is 2. The summed E-state index contributed by atoms with van der Waals surface area (Å²) in [6.45, 7) is 8.12. The number of amides is 4. The number of likely N-dealkylation sites (tertiary alicyclic amines) is 2. The van der Waals surface area contributed by atoms with Crippen LogP contribution in [0.25, 0.3) is 33.5 Å². The summed E-state index contributed by atoms with van der Waals surface area (Å²) in [5.74, 6) is -3.05. The molecule has 6 aliphatic rings. The number of ether oxygens (including phenoxy) is 2. The minimum Gasteiger partial charge on any atom is -0.453 e. The second-order valence-electron chi connectivity index (χ2n) is 19.7. The summed E-state index contributed by atoms with van der Waals surface area (Å²) < 4.78 is 43.0. The highest BCUT2D eigenvalue weighted by Gasteiger charge is 2.56. The molecule has 3 aliphatic heterocycles. The van der Waals surface area contributed by atoms with E-state index in [-0.39, 0.29) is 64.2 Å². The van der Waals surface area contributed by atoms with Gasteiger partial charge in [-0.1, -0.05) is 58.0 Å².